The summed E-state index contributed by atoms with van der Waals surface area (Å²) in [6, 6.07) is 15.0. The lowest BCUT2D eigenvalue weighted by molar-refractivity contribution is 0.683. The van der Waals surface area contributed by atoms with Gasteiger partial charge in [-0.05, 0) is 54.1 Å². The van der Waals surface area contributed by atoms with Crippen LogP contribution in [-0.2, 0) is 0 Å². The topological polar surface area (TPSA) is 104 Å². The molecule has 1 atom stereocenters. The third-order valence-electron chi connectivity index (χ3n) is 5.50. The van der Waals surface area contributed by atoms with Crippen LogP contribution in [0.2, 0.25) is 0 Å². The van der Waals surface area contributed by atoms with E-state index in [9.17, 15) is 0 Å². The largest absolute Gasteiger partial charge is 0.404 e. The van der Waals surface area contributed by atoms with Gasteiger partial charge in [0.25, 0.3) is 0 Å². The zero-order chi connectivity index (χ0) is 21.1. The molecule has 2 heterocycles. The first kappa shape index (κ1) is 19.6. The molecule has 6 nitrogen and oxygen atoms in total. The molecular formula is C24H28N6. The molecule has 0 bridgehead atoms. The summed E-state index contributed by atoms with van der Waals surface area (Å²) in [4.78, 5) is 7.42. The Bertz CT molecular complexity index is 1150. The number of hydrogen-bond acceptors (Lipinski definition) is 5. The van der Waals surface area contributed by atoms with E-state index in [1.807, 2.05) is 13.1 Å². The van der Waals surface area contributed by atoms with Crippen molar-refractivity contribution >= 4 is 34.1 Å². The molecule has 0 radical (unpaired) electrons. The van der Waals surface area contributed by atoms with E-state index in [1.165, 1.54) is 10.9 Å². The number of aliphatic imine (C=N–C) groups is 1. The number of benzene rings is 2. The van der Waals surface area contributed by atoms with Gasteiger partial charge < -0.3 is 27.1 Å². The molecule has 0 saturated carbocycles. The van der Waals surface area contributed by atoms with Crippen molar-refractivity contribution in [1.29, 1.82) is 0 Å². The van der Waals surface area contributed by atoms with Gasteiger partial charge in [0.1, 0.15) is 0 Å². The Kier molecular flexibility index (Phi) is 5.48. The molecule has 6 heteroatoms. The van der Waals surface area contributed by atoms with Crippen molar-refractivity contribution in [3.8, 4) is 0 Å². The minimum Gasteiger partial charge on any atom is -0.404 e. The number of nitrogens with two attached hydrogens (primary N) is 2. The van der Waals surface area contributed by atoms with E-state index < -0.39 is 0 Å². The highest BCUT2D eigenvalue weighted by molar-refractivity contribution is 6.09. The van der Waals surface area contributed by atoms with Crippen LogP contribution in [0.4, 0.5) is 5.69 Å². The molecule has 0 fully saturated rings. The summed E-state index contributed by atoms with van der Waals surface area (Å²) >= 11 is 0. The van der Waals surface area contributed by atoms with Gasteiger partial charge in [0.2, 0.25) is 0 Å². The molecule has 0 amide bonds. The van der Waals surface area contributed by atoms with Crippen LogP contribution in [0.3, 0.4) is 0 Å². The van der Waals surface area contributed by atoms with Crippen molar-refractivity contribution in [1.82, 2.24) is 10.3 Å². The van der Waals surface area contributed by atoms with Crippen LogP contribution in [0, 0.1) is 0 Å². The van der Waals surface area contributed by atoms with Crippen molar-refractivity contribution < 1.29 is 0 Å². The Morgan fingerprint density at radius 1 is 1.20 bits per heavy atom. The Balaban J connectivity index is 1.79. The highest BCUT2D eigenvalue weighted by Crippen LogP contribution is 2.34. The molecule has 4 rings (SSSR count). The van der Waals surface area contributed by atoms with Crippen molar-refractivity contribution in [2.24, 2.45) is 16.5 Å². The second-order valence-corrected chi connectivity index (χ2v) is 7.56. The van der Waals surface area contributed by atoms with Gasteiger partial charge >= 0.3 is 0 Å². The van der Waals surface area contributed by atoms with E-state index >= 15 is 0 Å². The van der Waals surface area contributed by atoms with Gasteiger partial charge in [0.15, 0.2) is 0 Å². The van der Waals surface area contributed by atoms with E-state index in [0.29, 0.717) is 0 Å². The van der Waals surface area contributed by atoms with Gasteiger partial charge in [-0.3, -0.25) is 4.99 Å². The molecule has 1 aromatic heterocycles. The molecule has 30 heavy (non-hydrogen) atoms. The minimum absolute atomic E-state index is 0.120. The van der Waals surface area contributed by atoms with Gasteiger partial charge in [0, 0.05) is 60.2 Å². The maximum absolute atomic E-state index is 6.21. The summed E-state index contributed by atoms with van der Waals surface area (Å²) in [5.74, 6) is 0. The van der Waals surface area contributed by atoms with Crippen molar-refractivity contribution in [2.45, 2.75) is 19.4 Å². The van der Waals surface area contributed by atoms with Gasteiger partial charge in [-0.1, -0.05) is 18.2 Å². The average molecular weight is 401 g/mol. The monoisotopic (exact) mass is 400 g/mol. The average Bonchev–Trinajstić information content (AvgIpc) is 3.14. The molecule has 1 aliphatic heterocycles. The van der Waals surface area contributed by atoms with Gasteiger partial charge in [-0.25, -0.2) is 0 Å². The molecule has 3 aromatic rings. The summed E-state index contributed by atoms with van der Waals surface area (Å²) < 4.78 is 0. The zero-order valence-corrected chi connectivity index (χ0v) is 17.4. The number of anilines is 1. The summed E-state index contributed by atoms with van der Waals surface area (Å²) in [5.41, 5.74) is 20.3. The third-order valence-corrected chi connectivity index (χ3v) is 5.50. The molecule has 7 N–H and O–H groups in total. The molecule has 2 aromatic carbocycles. The summed E-state index contributed by atoms with van der Waals surface area (Å²) in [5, 5.41) is 8.44. The molecule has 1 unspecified atom stereocenters. The van der Waals surface area contributed by atoms with Gasteiger partial charge in [-0.15, -0.1) is 0 Å². The SMILES string of the molecule is CN=CC(=CN)c1ccc2c(c1)C(Nc1ccc3cc[nH]c3c1)CCN/C2=C(/C)N. The summed E-state index contributed by atoms with van der Waals surface area (Å²) in [6.45, 7) is 2.76. The minimum atomic E-state index is 0.120. The number of fused-ring (bicyclic) bond motifs is 2. The molecular weight excluding hydrogens is 372 g/mol. The predicted octanol–water partition coefficient (Wildman–Crippen LogP) is 3.96. The smallest absolute Gasteiger partial charge is 0.0605 e. The number of H-pyrrole nitrogens is 1. The zero-order valence-electron chi connectivity index (χ0n) is 17.4. The van der Waals surface area contributed by atoms with E-state index in [4.69, 9.17) is 11.5 Å². The Morgan fingerprint density at radius 2 is 2.07 bits per heavy atom. The lowest BCUT2D eigenvalue weighted by Gasteiger charge is -2.22. The summed E-state index contributed by atoms with van der Waals surface area (Å²) in [6.07, 6.45) is 6.25. The first-order valence-corrected chi connectivity index (χ1v) is 10.1. The molecule has 0 saturated heterocycles. The number of hydrogen-bond donors (Lipinski definition) is 5. The fourth-order valence-electron chi connectivity index (χ4n) is 4.04. The van der Waals surface area contributed by atoms with Crippen molar-refractivity contribution in [2.75, 3.05) is 18.9 Å². The second kappa shape index (κ2) is 8.37. The quantitative estimate of drug-likeness (QED) is 0.428. The lowest BCUT2D eigenvalue weighted by Crippen LogP contribution is -2.16. The van der Waals surface area contributed by atoms with Crippen LogP contribution in [0.25, 0.3) is 22.2 Å². The molecule has 154 valence electrons. The fourth-order valence-corrected chi connectivity index (χ4v) is 4.04. The highest BCUT2D eigenvalue weighted by atomic mass is 15.0. The lowest BCUT2D eigenvalue weighted by atomic mass is 9.92. The highest BCUT2D eigenvalue weighted by Gasteiger charge is 2.23. The van der Waals surface area contributed by atoms with Gasteiger partial charge in [0.05, 0.1) is 11.7 Å². The van der Waals surface area contributed by atoms with Crippen LogP contribution in [0.5, 0.6) is 0 Å². The number of allylic oxidation sites excluding steroid dienone is 2. The number of aromatic nitrogens is 1. The van der Waals surface area contributed by atoms with E-state index in [2.05, 4.69) is 63.1 Å². The number of aromatic amines is 1. The van der Waals surface area contributed by atoms with Crippen LogP contribution in [0.15, 0.2) is 65.6 Å². The molecule has 0 aliphatic carbocycles. The van der Waals surface area contributed by atoms with Crippen LogP contribution in [0.1, 0.15) is 36.1 Å². The molecule has 1 aliphatic rings. The van der Waals surface area contributed by atoms with Crippen molar-refractivity contribution in [3.05, 3.63) is 77.2 Å². The fraction of sp³-hybridized carbons (Fsp3) is 0.208. The van der Waals surface area contributed by atoms with Crippen LogP contribution in [-0.4, -0.2) is 24.8 Å². The van der Waals surface area contributed by atoms with E-state index in [-0.39, 0.29) is 6.04 Å². The Labute approximate surface area is 176 Å². The molecule has 0 spiro atoms. The first-order valence-electron chi connectivity index (χ1n) is 10.1. The first-order chi connectivity index (χ1) is 14.6. The van der Waals surface area contributed by atoms with E-state index in [1.54, 1.807) is 19.5 Å². The van der Waals surface area contributed by atoms with Crippen LogP contribution < -0.4 is 22.1 Å². The second-order valence-electron chi connectivity index (χ2n) is 7.56. The maximum atomic E-state index is 6.21. The Morgan fingerprint density at radius 3 is 2.83 bits per heavy atom. The van der Waals surface area contributed by atoms with E-state index in [0.717, 1.165) is 52.3 Å². The standard InChI is InChI=1S/C24H28N6/c1-15(26)24-20-6-4-17(18(13-25)14-27-2)11-21(20)22(8-10-29-24)30-19-5-3-16-7-9-28-23(16)12-19/h3-7,9,11-14,22,28-30H,8,10,25-26H2,1-2H3/b18-13?,24-15-,27-14?. The maximum Gasteiger partial charge on any atom is 0.0605 e. The normalized spacial score (nSPS) is 18.7. The predicted molar refractivity (Wildman–Crippen MR) is 127 cm³/mol. The number of rotatable bonds is 4. The third kappa shape index (κ3) is 3.76. The Hall–Kier alpha value is -3.67. The van der Waals surface area contributed by atoms with Crippen molar-refractivity contribution in [3.63, 3.8) is 0 Å². The number of nitrogens with one attached hydrogen (secondary N) is 3. The number of nitrogens with zero attached hydrogens (tertiary/aromatic N) is 1. The van der Waals surface area contributed by atoms with Crippen LogP contribution >= 0.6 is 0 Å². The van der Waals surface area contributed by atoms with Gasteiger partial charge in [-0.2, -0.15) is 0 Å². The summed E-state index contributed by atoms with van der Waals surface area (Å²) in [7, 11) is 1.75.